The highest BCUT2D eigenvalue weighted by atomic mass is 32.1. The predicted octanol–water partition coefficient (Wildman–Crippen LogP) is 2.16. The Bertz CT molecular complexity index is 353. The molecule has 0 aliphatic rings. The molecule has 1 aromatic rings. The molecule has 1 heterocycles. The van der Waals surface area contributed by atoms with Crippen LogP contribution in [0.15, 0.2) is 12.1 Å². The number of hydrogen-bond donors (Lipinski definition) is 1. The zero-order valence-corrected chi connectivity index (χ0v) is 10.8. The van der Waals surface area contributed by atoms with Crippen LogP contribution in [0.3, 0.4) is 0 Å². The van der Waals surface area contributed by atoms with Gasteiger partial charge in [0.25, 0.3) is 0 Å². The van der Waals surface area contributed by atoms with Crippen molar-refractivity contribution in [3.63, 3.8) is 0 Å². The molecule has 1 rings (SSSR count). The second-order valence-electron chi connectivity index (χ2n) is 3.73. The Morgan fingerprint density at radius 1 is 1.56 bits per heavy atom. The summed E-state index contributed by atoms with van der Waals surface area (Å²) in [4.78, 5) is 4.82. The normalized spacial score (nSPS) is 12.7. The third-order valence-electron chi connectivity index (χ3n) is 2.72. The topological polar surface area (TPSA) is 53.0 Å². The third-order valence-corrected chi connectivity index (χ3v) is 3.97. The van der Waals surface area contributed by atoms with Gasteiger partial charge >= 0.3 is 0 Å². The molecule has 0 saturated carbocycles. The van der Waals surface area contributed by atoms with Crippen molar-refractivity contribution in [2.75, 3.05) is 19.6 Å². The molecule has 0 amide bonds. The maximum absolute atomic E-state index is 8.64. The maximum atomic E-state index is 8.64. The summed E-state index contributed by atoms with van der Waals surface area (Å²) in [5, 5.41) is 8.64. The second kappa shape index (κ2) is 6.64. The molecule has 2 N–H and O–H groups in total. The molecule has 0 aliphatic carbocycles. The standard InChI is InChI=1S/C12H19N3S/c1-3-15(9-8-14)10(2)12-5-4-11(16-12)6-7-13/h4-5,10H,3,6,8-9,14H2,1-2H3. The number of nitrogens with two attached hydrogens (primary N) is 1. The molecule has 1 unspecified atom stereocenters. The molecule has 0 fully saturated rings. The molecule has 3 nitrogen and oxygen atoms in total. The number of likely N-dealkylation sites (N-methyl/N-ethyl adjacent to an activating group) is 1. The minimum atomic E-state index is 0.394. The van der Waals surface area contributed by atoms with Gasteiger partial charge in [-0.25, -0.2) is 0 Å². The quantitative estimate of drug-likeness (QED) is 0.825. The van der Waals surface area contributed by atoms with E-state index in [9.17, 15) is 0 Å². The fourth-order valence-electron chi connectivity index (χ4n) is 1.76. The highest BCUT2D eigenvalue weighted by Crippen LogP contribution is 2.27. The van der Waals surface area contributed by atoms with Gasteiger partial charge in [0, 0.05) is 28.9 Å². The number of rotatable bonds is 6. The molecular weight excluding hydrogens is 218 g/mol. The van der Waals surface area contributed by atoms with Crippen molar-refractivity contribution in [3.05, 3.63) is 21.9 Å². The van der Waals surface area contributed by atoms with E-state index in [2.05, 4.69) is 36.9 Å². The van der Waals surface area contributed by atoms with Crippen molar-refractivity contribution < 1.29 is 0 Å². The van der Waals surface area contributed by atoms with Crippen LogP contribution in [0.25, 0.3) is 0 Å². The minimum Gasteiger partial charge on any atom is -0.329 e. The minimum absolute atomic E-state index is 0.394. The van der Waals surface area contributed by atoms with E-state index in [-0.39, 0.29) is 0 Å². The Balaban J connectivity index is 2.70. The molecule has 1 aromatic heterocycles. The predicted molar refractivity (Wildman–Crippen MR) is 68.4 cm³/mol. The van der Waals surface area contributed by atoms with Crippen LogP contribution in [0, 0.1) is 11.3 Å². The van der Waals surface area contributed by atoms with Gasteiger partial charge in [-0.2, -0.15) is 5.26 Å². The first-order valence-electron chi connectivity index (χ1n) is 5.62. The first-order valence-corrected chi connectivity index (χ1v) is 6.44. The van der Waals surface area contributed by atoms with Gasteiger partial charge in [0.05, 0.1) is 12.5 Å². The number of thiophene rings is 1. The molecular formula is C12H19N3S. The van der Waals surface area contributed by atoms with Gasteiger partial charge in [0.2, 0.25) is 0 Å². The van der Waals surface area contributed by atoms with Crippen molar-refractivity contribution in [2.24, 2.45) is 5.73 Å². The summed E-state index contributed by atoms with van der Waals surface area (Å²) in [5.74, 6) is 0. The van der Waals surface area contributed by atoms with Crippen molar-refractivity contribution in [2.45, 2.75) is 26.3 Å². The average Bonchev–Trinajstić information content (AvgIpc) is 2.74. The lowest BCUT2D eigenvalue weighted by Crippen LogP contribution is -2.31. The van der Waals surface area contributed by atoms with Crippen molar-refractivity contribution in [1.29, 1.82) is 5.26 Å². The summed E-state index contributed by atoms with van der Waals surface area (Å²) >= 11 is 1.73. The zero-order chi connectivity index (χ0) is 12.0. The van der Waals surface area contributed by atoms with Gasteiger partial charge in [-0.3, -0.25) is 4.90 Å². The van der Waals surface area contributed by atoms with Gasteiger partial charge in [-0.05, 0) is 25.6 Å². The van der Waals surface area contributed by atoms with Crippen LogP contribution in [0.2, 0.25) is 0 Å². The van der Waals surface area contributed by atoms with E-state index in [0.717, 1.165) is 18.0 Å². The average molecular weight is 237 g/mol. The Hall–Kier alpha value is -0.890. The summed E-state index contributed by atoms with van der Waals surface area (Å²) < 4.78 is 0. The van der Waals surface area contributed by atoms with Crippen molar-refractivity contribution >= 4 is 11.3 Å². The summed E-state index contributed by atoms with van der Waals surface area (Å²) in [6, 6.07) is 6.75. The van der Waals surface area contributed by atoms with Crippen LogP contribution in [-0.2, 0) is 6.42 Å². The largest absolute Gasteiger partial charge is 0.329 e. The Morgan fingerprint density at radius 3 is 2.88 bits per heavy atom. The summed E-state index contributed by atoms with van der Waals surface area (Å²) in [6.45, 7) is 6.96. The molecule has 0 aromatic carbocycles. The van der Waals surface area contributed by atoms with Crippen molar-refractivity contribution in [3.8, 4) is 6.07 Å². The second-order valence-corrected chi connectivity index (χ2v) is 4.93. The van der Waals surface area contributed by atoms with E-state index in [1.165, 1.54) is 4.88 Å². The van der Waals surface area contributed by atoms with Crippen molar-refractivity contribution in [1.82, 2.24) is 4.90 Å². The van der Waals surface area contributed by atoms with Gasteiger partial charge in [-0.15, -0.1) is 11.3 Å². The zero-order valence-electron chi connectivity index (χ0n) is 9.94. The SMILES string of the molecule is CCN(CCN)C(C)c1ccc(CC#N)s1. The van der Waals surface area contributed by atoms with Gasteiger partial charge < -0.3 is 5.73 Å². The van der Waals surface area contributed by atoms with E-state index in [0.29, 0.717) is 19.0 Å². The molecule has 16 heavy (non-hydrogen) atoms. The Kier molecular flexibility index (Phi) is 5.47. The van der Waals surface area contributed by atoms with E-state index < -0.39 is 0 Å². The molecule has 4 heteroatoms. The molecule has 0 aliphatic heterocycles. The number of hydrogen-bond acceptors (Lipinski definition) is 4. The van der Waals surface area contributed by atoms with Crippen LogP contribution in [-0.4, -0.2) is 24.5 Å². The molecule has 0 radical (unpaired) electrons. The van der Waals surface area contributed by atoms with E-state index in [1.54, 1.807) is 11.3 Å². The van der Waals surface area contributed by atoms with E-state index in [1.807, 2.05) is 0 Å². The van der Waals surface area contributed by atoms with Gasteiger partial charge in [-0.1, -0.05) is 6.92 Å². The molecule has 0 bridgehead atoms. The Morgan fingerprint density at radius 2 is 2.31 bits per heavy atom. The Labute approximate surface area is 101 Å². The third kappa shape index (κ3) is 3.31. The molecule has 0 spiro atoms. The van der Waals surface area contributed by atoms with Gasteiger partial charge in [0.15, 0.2) is 0 Å². The molecule has 1 atom stereocenters. The molecule has 88 valence electrons. The van der Waals surface area contributed by atoms with Crippen LogP contribution in [0.1, 0.15) is 29.6 Å². The van der Waals surface area contributed by atoms with Crippen LogP contribution >= 0.6 is 11.3 Å². The van der Waals surface area contributed by atoms with Crippen LogP contribution < -0.4 is 5.73 Å². The molecule has 0 saturated heterocycles. The highest BCUT2D eigenvalue weighted by molar-refractivity contribution is 7.12. The summed E-state index contributed by atoms with van der Waals surface area (Å²) in [5.41, 5.74) is 5.59. The lowest BCUT2D eigenvalue weighted by molar-refractivity contribution is 0.231. The summed E-state index contributed by atoms with van der Waals surface area (Å²) in [7, 11) is 0. The number of nitrogens with zero attached hydrogens (tertiary/aromatic N) is 2. The highest BCUT2D eigenvalue weighted by Gasteiger charge is 2.15. The van der Waals surface area contributed by atoms with Crippen LogP contribution in [0.4, 0.5) is 0 Å². The van der Waals surface area contributed by atoms with E-state index in [4.69, 9.17) is 11.0 Å². The summed E-state index contributed by atoms with van der Waals surface area (Å²) in [6.07, 6.45) is 0.514. The van der Waals surface area contributed by atoms with Crippen LogP contribution in [0.5, 0.6) is 0 Å². The lowest BCUT2D eigenvalue weighted by Gasteiger charge is -2.26. The van der Waals surface area contributed by atoms with Gasteiger partial charge in [0.1, 0.15) is 0 Å². The monoisotopic (exact) mass is 237 g/mol. The fourth-order valence-corrected chi connectivity index (χ4v) is 2.79. The smallest absolute Gasteiger partial charge is 0.0695 e. The maximum Gasteiger partial charge on any atom is 0.0695 e. The first kappa shape index (κ1) is 13.2. The first-order chi connectivity index (χ1) is 7.72. The number of nitriles is 1. The fraction of sp³-hybridized carbons (Fsp3) is 0.583. The lowest BCUT2D eigenvalue weighted by atomic mass is 10.2. The van der Waals surface area contributed by atoms with E-state index >= 15 is 0 Å².